The van der Waals surface area contributed by atoms with E-state index < -0.39 is 0 Å². The van der Waals surface area contributed by atoms with Crippen LogP contribution < -0.4 is 0 Å². The van der Waals surface area contributed by atoms with Crippen LogP contribution in [0.25, 0.3) is 6.08 Å². The van der Waals surface area contributed by atoms with Gasteiger partial charge in [-0.3, -0.25) is 0 Å². The predicted octanol–water partition coefficient (Wildman–Crippen LogP) is 4.01. The van der Waals surface area contributed by atoms with Crippen molar-refractivity contribution >= 4 is 17.8 Å². The molecule has 0 radical (unpaired) electrons. The Hall–Kier alpha value is -1.71. The molecule has 3 heteroatoms. The molecule has 0 atom stereocenters. The van der Waals surface area contributed by atoms with Gasteiger partial charge in [-0.1, -0.05) is 32.9 Å². The first kappa shape index (κ1) is 13.4. The van der Waals surface area contributed by atoms with Gasteiger partial charge in [-0.25, -0.2) is 0 Å². The molecule has 0 saturated carbocycles. The molecule has 0 spiro atoms. The third-order valence-electron chi connectivity index (χ3n) is 1.86. The van der Waals surface area contributed by atoms with Crippen LogP contribution in [0.3, 0.4) is 0 Å². The van der Waals surface area contributed by atoms with Crippen LogP contribution in [-0.4, -0.2) is 4.75 Å². The third kappa shape index (κ3) is 4.76. The largest absolute Gasteiger partial charge is 0.192 e. The lowest BCUT2D eigenvalue weighted by atomic mass is 10.1. The van der Waals surface area contributed by atoms with Crippen LogP contribution in [0.15, 0.2) is 34.7 Å². The quantitative estimate of drug-likeness (QED) is 0.581. The number of rotatable bonds is 2. The number of hydrogen-bond donors (Lipinski definition) is 0. The monoisotopic (exact) mass is 242 g/mol. The Morgan fingerprint density at radius 3 is 2.06 bits per heavy atom. The van der Waals surface area contributed by atoms with Crippen LogP contribution in [0, 0.1) is 22.7 Å². The van der Waals surface area contributed by atoms with E-state index in [9.17, 15) is 0 Å². The van der Waals surface area contributed by atoms with E-state index in [-0.39, 0.29) is 10.3 Å². The number of thioether (sulfide) groups is 1. The van der Waals surface area contributed by atoms with Gasteiger partial charge in [-0.2, -0.15) is 10.5 Å². The van der Waals surface area contributed by atoms with Gasteiger partial charge < -0.3 is 0 Å². The maximum Gasteiger partial charge on any atom is 0.130 e. The van der Waals surface area contributed by atoms with Gasteiger partial charge in [0.05, 0.1) is 0 Å². The van der Waals surface area contributed by atoms with Gasteiger partial charge in [0.15, 0.2) is 0 Å². The number of hydrogen-bond acceptors (Lipinski definition) is 3. The Bertz CT molecular complexity index is 477. The molecular weight excluding hydrogens is 228 g/mol. The maximum atomic E-state index is 8.65. The van der Waals surface area contributed by atoms with E-state index in [4.69, 9.17) is 10.5 Å². The maximum absolute atomic E-state index is 8.65. The zero-order valence-corrected chi connectivity index (χ0v) is 11.0. The second-order valence-electron chi connectivity index (χ2n) is 4.57. The molecule has 17 heavy (non-hydrogen) atoms. The van der Waals surface area contributed by atoms with Crippen molar-refractivity contribution in [1.29, 1.82) is 10.5 Å². The first-order valence-electron chi connectivity index (χ1n) is 5.25. The van der Waals surface area contributed by atoms with Crippen LogP contribution in [0.5, 0.6) is 0 Å². The summed E-state index contributed by atoms with van der Waals surface area (Å²) in [6.07, 6.45) is 1.59. The molecular formula is C14H14N2S. The molecule has 2 nitrogen and oxygen atoms in total. The summed E-state index contributed by atoms with van der Waals surface area (Å²) in [6.45, 7) is 6.48. The number of nitriles is 2. The van der Waals surface area contributed by atoms with E-state index in [0.29, 0.717) is 0 Å². The van der Waals surface area contributed by atoms with E-state index in [1.54, 1.807) is 17.8 Å². The lowest BCUT2D eigenvalue weighted by molar-refractivity contribution is 0.803. The summed E-state index contributed by atoms with van der Waals surface area (Å²) >= 11 is 1.79. The Balaban J connectivity index is 2.87. The minimum absolute atomic E-state index is 0.126. The van der Waals surface area contributed by atoms with E-state index >= 15 is 0 Å². The Morgan fingerprint density at radius 1 is 1.12 bits per heavy atom. The van der Waals surface area contributed by atoms with Crippen molar-refractivity contribution in [2.75, 3.05) is 0 Å². The first-order chi connectivity index (χ1) is 7.94. The topological polar surface area (TPSA) is 47.6 Å². The van der Waals surface area contributed by atoms with Crippen molar-refractivity contribution < 1.29 is 0 Å². The molecule has 0 bridgehead atoms. The molecule has 1 aromatic carbocycles. The third-order valence-corrected chi connectivity index (χ3v) is 2.98. The van der Waals surface area contributed by atoms with Crippen LogP contribution >= 0.6 is 11.8 Å². The molecule has 0 amide bonds. The van der Waals surface area contributed by atoms with Crippen molar-refractivity contribution in [2.45, 2.75) is 30.4 Å². The highest BCUT2D eigenvalue weighted by Crippen LogP contribution is 2.31. The smallest absolute Gasteiger partial charge is 0.130 e. The van der Waals surface area contributed by atoms with Crippen LogP contribution in [-0.2, 0) is 0 Å². The summed E-state index contributed by atoms with van der Waals surface area (Å²) in [5.41, 5.74) is 1.00. The minimum atomic E-state index is 0.126. The van der Waals surface area contributed by atoms with Crippen molar-refractivity contribution in [3.8, 4) is 12.1 Å². The van der Waals surface area contributed by atoms with Crippen molar-refractivity contribution in [3.63, 3.8) is 0 Å². The average molecular weight is 242 g/mol. The van der Waals surface area contributed by atoms with Gasteiger partial charge in [0.25, 0.3) is 0 Å². The molecule has 0 aliphatic heterocycles. The second-order valence-corrected chi connectivity index (χ2v) is 6.47. The Morgan fingerprint density at radius 2 is 1.65 bits per heavy atom. The van der Waals surface area contributed by atoms with Gasteiger partial charge in [-0.15, -0.1) is 11.8 Å². The van der Waals surface area contributed by atoms with Crippen molar-refractivity contribution in [3.05, 3.63) is 35.4 Å². The number of allylic oxidation sites excluding steroid dienone is 1. The molecule has 86 valence electrons. The van der Waals surface area contributed by atoms with Gasteiger partial charge >= 0.3 is 0 Å². The van der Waals surface area contributed by atoms with Gasteiger partial charge in [0.1, 0.15) is 17.7 Å². The summed E-state index contributed by atoms with van der Waals surface area (Å²) in [7, 11) is 0. The Kier molecular flexibility index (Phi) is 4.37. The standard InChI is InChI=1S/C14H14N2S/c1-14(2,3)17-13-6-4-11(5-7-13)8-12(9-15)10-16/h4-8H,1-3H3. The lowest BCUT2D eigenvalue weighted by Gasteiger charge is -2.17. The van der Waals surface area contributed by atoms with Crippen molar-refractivity contribution in [2.24, 2.45) is 0 Å². The highest BCUT2D eigenvalue weighted by molar-refractivity contribution is 8.00. The summed E-state index contributed by atoms with van der Waals surface area (Å²) in [4.78, 5) is 1.19. The highest BCUT2D eigenvalue weighted by Gasteiger charge is 2.11. The molecule has 0 aliphatic carbocycles. The highest BCUT2D eigenvalue weighted by atomic mass is 32.2. The molecule has 0 unspecified atom stereocenters. The molecule has 0 fully saturated rings. The van der Waals surface area contributed by atoms with Crippen LogP contribution in [0.4, 0.5) is 0 Å². The lowest BCUT2D eigenvalue weighted by Crippen LogP contribution is -2.06. The molecule has 0 N–H and O–H groups in total. The molecule has 0 heterocycles. The molecule has 0 saturated heterocycles. The second kappa shape index (κ2) is 5.57. The number of nitrogens with zero attached hydrogens (tertiary/aromatic N) is 2. The Labute approximate surface area is 107 Å². The minimum Gasteiger partial charge on any atom is -0.192 e. The molecule has 0 aromatic heterocycles. The summed E-state index contributed by atoms with van der Waals surface area (Å²) < 4.78 is 0.182. The zero-order valence-electron chi connectivity index (χ0n) is 10.2. The fraction of sp³-hybridized carbons (Fsp3) is 0.286. The fourth-order valence-electron chi connectivity index (χ4n) is 1.24. The SMILES string of the molecule is CC(C)(C)Sc1ccc(C=C(C#N)C#N)cc1. The zero-order chi connectivity index (χ0) is 12.9. The predicted molar refractivity (Wildman–Crippen MR) is 71.3 cm³/mol. The van der Waals surface area contributed by atoms with Gasteiger partial charge in [0, 0.05) is 9.64 Å². The molecule has 0 aliphatic rings. The van der Waals surface area contributed by atoms with E-state index in [2.05, 4.69) is 20.8 Å². The first-order valence-corrected chi connectivity index (χ1v) is 6.07. The fourth-order valence-corrected chi connectivity index (χ4v) is 2.22. The summed E-state index contributed by atoms with van der Waals surface area (Å²) in [5.74, 6) is 0. The molecule has 1 rings (SSSR count). The van der Waals surface area contributed by atoms with E-state index in [0.717, 1.165) is 5.56 Å². The summed E-state index contributed by atoms with van der Waals surface area (Å²) in [5, 5.41) is 17.3. The van der Waals surface area contributed by atoms with Gasteiger partial charge in [-0.05, 0) is 23.8 Å². The van der Waals surface area contributed by atoms with Gasteiger partial charge in [0.2, 0.25) is 0 Å². The summed E-state index contributed by atoms with van der Waals surface area (Å²) in [6, 6.07) is 11.6. The molecule has 1 aromatic rings. The number of benzene rings is 1. The van der Waals surface area contributed by atoms with Crippen LogP contribution in [0.1, 0.15) is 26.3 Å². The van der Waals surface area contributed by atoms with Crippen molar-refractivity contribution in [1.82, 2.24) is 0 Å². The van der Waals surface area contributed by atoms with Crippen LogP contribution in [0.2, 0.25) is 0 Å². The van der Waals surface area contributed by atoms with E-state index in [1.807, 2.05) is 36.4 Å². The average Bonchev–Trinajstić information content (AvgIpc) is 2.26. The normalized spacial score (nSPS) is 10.2. The van der Waals surface area contributed by atoms with E-state index in [1.165, 1.54) is 4.90 Å².